The molecule has 11 rings (SSSR count). The number of alkyl carbamates (subject to hydrolysis) is 1. The van der Waals surface area contributed by atoms with Crippen LogP contribution in [-0.4, -0.2) is 44.9 Å². The van der Waals surface area contributed by atoms with E-state index in [2.05, 4.69) is 67.5 Å². The van der Waals surface area contributed by atoms with Crippen molar-refractivity contribution in [2.45, 2.75) is 94.3 Å². The van der Waals surface area contributed by atoms with Crippen LogP contribution < -0.4 is 21.7 Å². The standard InChI is InChI=1S/C43H40N4O4.C28H30N4O2/c1-3-29(2)40-46-47-41(51-40)38(44-42(49)50-28-37-35-25-15-13-23-33(35)34-24-14-16-26-36(34)37)27-39(48)45-43(30-17-7-4-8-18-30,31-19-9-5-10-20-31)32-21-11-6-12-22-32;1-3-20(2)26-31-32-27(34-26)24(29)19-25(33)30-28(21-13-7-4-8-14-21,22-15-9-5-10-16-22)23-17-11-6-12-18-23/h4-26,29,37-38H,3,27-28H2,1-2H3,(H,44,49)(H,45,48);4-18,20,24H,3,19,29H2,1-2H3,(H,30,33)/t29-,38-;20-,24-/m00/s1. The van der Waals surface area contributed by atoms with Gasteiger partial charge in [-0.15, -0.1) is 20.4 Å². The summed E-state index contributed by atoms with van der Waals surface area (Å²) in [5.74, 6) is 0.884. The molecule has 3 amide bonds. The largest absolute Gasteiger partial charge is 0.449 e. The summed E-state index contributed by atoms with van der Waals surface area (Å²) >= 11 is 0. The van der Waals surface area contributed by atoms with Gasteiger partial charge in [0.25, 0.3) is 0 Å². The summed E-state index contributed by atoms with van der Waals surface area (Å²) in [5, 5.41) is 26.3. The molecule has 8 aromatic carbocycles. The second-order valence-corrected chi connectivity index (χ2v) is 21.4. The minimum Gasteiger partial charge on any atom is -0.449 e. The Morgan fingerprint density at radius 2 is 0.776 bits per heavy atom. The van der Waals surface area contributed by atoms with Crippen molar-refractivity contribution in [2.75, 3.05) is 6.61 Å². The van der Waals surface area contributed by atoms with Gasteiger partial charge < -0.3 is 35.3 Å². The van der Waals surface area contributed by atoms with Gasteiger partial charge in [0.15, 0.2) is 0 Å². The molecule has 0 saturated carbocycles. The Balaban J connectivity index is 0.000000205. The van der Waals surface area contributed by atoms with Crippen molar-refractivity contribution in [3.05, 3.63) is 299 Å². The molecule has 430 valence electrons. The van der Waals surface area contributed by atoms with Crippen LogP contribution in [0.1, 0.15) is 151 Å². The molecule has 0 spiro atoms. The smallest absolute Gasteiger partial charge is 0.407 e. The number of rotatable bonds is 21. The lowest BCUT2D eigenvalue weighted by molar-refractivity contribution is -0.123. The van der Waals surface area contributed by atoms with E-state index in [4.69, 9.17) is 19.3 Å². The SMILES string of the molecule is CC[C@H](C)c1nnc([C@@H](N)CC(=O)NC(c2ccccc2)(c2ccccc2)c2ccccc2)o1.CC[C@H](C)c1nnc([C@H](CC(=O)NC(c2ccccc2)(c2ccccc2)c2ccccc2)NC(=O)OCC2c3ccccc3-c3ccccc32)o1. The van der Waals surface area contributed by atoms with Crippen LogP contribution in [0.15, 0.2) is 239 Å². The average Bonchev–Trinajstić information content (AvgIpc) is 2.80. The third kappa shape index (κ3) is 12.9. The predicted octanol–water partition coefficient (Wildman–Crippen LogP) is 13.7. The molecule has 2 heterocycles. The fraction of sp³-hybridized carbons (Fsp3) is 0.225. The van der Waals surface area contributed by atoms with Crippen molar-refractivity contribution >= 4 is 17.9 Å². The van der Waals surface area contributed by atoms with Gasteiger partial charge in [-0.1, -0.05) is 258 Å². The maximum atomic E-state index is 14.4. The highest BCUT2D eigenvalue weighted by molar-refractivity contribution is 5.82. The molecule has 4 atom stereocenters. The van der Waals surface area contributed by atoms with Gasteiger partial charge in [0, 0.05) is 17.8 Å². The fourth-order valence-electron chi connectivity index (χ4n) is 11.1. The van der Waals surface area contributed by atoms with Crippen molar-refractivity contribution in [3.63, 3.8) is 0 Å². The second kappa shape index (κ2) is 27.1. The van der Waals surface area contributed by atoms with E-state index >= 15 is 0 Å². The predicted molar refractivity (Wildman–Crippen MR) is 328 cm³/mol. The zero-order valence-corrected chi connectivity index (χ0v) is 48.2. The second-order valence-electron chi connectivity index (χ2n) is 21.4. The molecular formula is C71H70N8O6. The molecule has 0 bridgehead atoms. The van der Waals surface area contributed by atoms with E-state index in [1.165, 1.54) is 0 Å². The lowest BCUT2D eigenvalue weighted by Crippen LogP contribution is -2.48. The quantitative estimate of drug-likeness (QED) is 0.0499. The average molecular weight is 1130 g/mol. The zero-order chi connectivity index (χ0) is 59.2. The van der Waals surface area contributed by atoms with Gasteiger partial charge in [-0.05, 0) is 68.5 Å². The van der Waals surface area contributed by atoms with Gasteiger partial charge in [-0.3, -0.25) is 9.59 Å². The van der Waals surface area contributed by atoms with Crippen molar-refractivity contribution in [1.82, 2.24) is 36.3 Å². The number of nitrogens with one attached hydrogen (secondary N) is 3. The number of fused-ring (bicyclic) bond motifs is 3. The van der Waals surface area contributed by atoms with Gasteiger partial charge >= 0.3 is 6.09 Å². The molecule has 0 radical (unpaired) electrons. The van der Waals surface area contributed by atoms with Crippen LogP contribution in [0.4, 0.5) is 4.79 Å². The first-order valence-corrected chi connectivity index (χ1v) is 29.0. The summed E-state index contributed by atoms with van der Waals surface area (Å²) in [7, 11) is 0. The summed E-state index contributed by atoms with van der Waals surface area (Å²) in [6.45, 7) is 8.22. The van der Waals surface area contributed by atoms with Crippen LogP contribution in [-0.2, 0) is 25.4 Å². The van der Waals surface area contributed by atoms with Gasteiger partial charge in [-0.25, -0.2) is 4.79 Å². The summed E-state index contributed by atoms with van der Waals surface area (Å²) in [6, 6.07) is 74.2. The molecule has 85 heavy (non-hydrogen) atoms. The Hall–Kier alpha value is -9.79. The molecule has 0 saturated heterocycles. The van der Waals surface area contributed by atoms with E-state index in [0.717, 1.165) is 68.5 Å². The monoisotopic (exact) mass is 1130 g/mol. The minimum atomic E-state index is -1.04. The molecule has 1 aliphatic rings. The molecule has 1 aliphatic carbocycles. The number of hydrogen-bond donors (Lipinski definition) is 4. The van der Waals surface area contributed by atoms with E-state index in [1.54, 1.807) is 0 Å². The molecule has 10 aromatic rings. The topological polar surface area (TPSA) is 200 Å². The van der Waals surface area contributed by atoms with Crippen molar-refractivity contribution in [2.24, 2.45) is 5.73 Å². The highest BCUT2D eigenvalue weighted by Gasteiger charge is 2.41. The van der Waals surface area contributed by atoms with E-state index in [0.29, 0.717) is 11.8 Å². The maximum Gasteiger partial charge on any atom is 0.407 e. The number of benzene rings is 8. The number of hydrogen-bond acceptors (Lipinski definition) is 11. The van der Waals surface area contributed by atoms with Crippen LogP contribution in [0.2, 0.25) is 0 Å². The van der Waals surface area contributed by atoms with E-state index in [9.17, 15) is 14.4 Å². The van der Waals surface area contributed by atoms with E-state index < -0.39 is 29.3 Å². The molecule has 0 fully saturated rings. The highest BCUT2D eigenvalue weighted by atomic mass is 16.5. The molecule has 5 N–H and O–H groups in total. The number of amides is 3. The van der Waals surface area contributed by atoms with Crippen LogP contribution in [0.3, 0.4) is 0 Å². The zero-order valence-electron chi connectivity index (χ0n) is 48.2. The normalized spacial score (nSPS) is 13.4. The van der Waals surface area contributed by atoms with Crippen LogP contribution in [0.25, 0.3) is 11.1 Å². The maximum absolute atomic E-state index is 14.4. The van der Waals surface area contributed by atoms with Crippen molar-refractivity contribution < 1.29 is 28.0 Å². The lowest BCUT2D eigenvalue weighted by atomic mass is 9.77. The van der Waals surface area contributed by atoms with Gasteiger partial charge in [0.2, 0.25) is 35.4 Å². The van der Waals surface area contributed by atoms with Crippen LogP contribution >= 0.6 is 0 Å². The molecule has 0 aliphatic heterocycles. The molecule has 0 unspecified atom stereocenters. The Labute approximate surface area is 496 Å². The Bertz CT molecular complexity index is 3530. The number of aromatic nitrogens is 4. The molecule has 2 aromatic heterocycles. The first-order chi connectivity index (χ1) is 41.5. The number of carbonyl (C=O) groups excluding carboxylic acids is 3. The number of carbonyl (C=O) groups is 3. The summed E-state index contributed by atoms with van der Waals surface area (Å²) in [5.41, 5.74) is 14.4. The van der Waals surface area contributed by atoms with Crippen molar-refractivity contribution in [1.29, 1.82) is 0 Å². The third-order valence-corrected chi connectivity index (χ3v) is 15.9. The first kappa shape index (κ1) is 58.4. The highest BCUT2D eigenvalue weighted by Crippen LogP contribution is 2.45. The molecule has 14 nitrogen and oxygen atoms in total. The van der Waals surface area contributed by atoms with Crippen LogP contribution in [0, 0.1) is 0 Å². The third-order valence-electron chi connectivity index (χ3n) is 15.9. The van der Waals surface area contributed by atoms with E-state index in [1.807, 2.05) is 227 Å². The Morgan fingerprint density at radius 3 is 1.15 bits per heavy atom. The Morgan fingerprint density at radius 1 is 0.459 bits per heavy atom. The number of nitrogens with zero attached hydrogens (tertiary/aromatic N) is 4. The summed E-state index contributed by atoms with van der Waals surface area (Å²) < 4.78 is 17.7. The minimum absolute atomic E-state index is 0.0103. The van der Waals surface area contributed by atoms with Gasteiger partial charge in [-0.2, -0.15) is 0 Å². The lowest BCUT2D eigenvalue weighted by Gasteiger charge is -2.37. The van der Waals surface area contributed by atoms with Crippen molar-refractivity contribution in [3.8, 4) is 11.1 Å². The summed E-state index contributed by atoms with van der Waals surface area (Å²) in [4.78, 5) is 41.4. The Kier molecular flexibility index (Phi) is 18.6. The molecule has 14 heteroatoms. The van der Waals surface area contributed by atoms with Gasteiger partial charge in [0.05, 0.1) is 18.9 Å². The van der Waals surface area contributed by atoms with Gasteiger partial charge in [0.1, 0.15) is 23.7 Å². The summed E-state index contributed by atoms with van der Waals surface area (Å²) in [6.07, 6.45) is 0.820. The first-order valence-electron chi connectivity index (χ1n) is 29.0. The molecular weight excluding hydrogens is 1060 g/mol. The number of ether oxygens (including phenoxy) is 1. The van der Waals surface area contributed by atoms with E-state index in [-0.39, 0.29) is 60.8 Å². The van der Waals surface area contributed by atoms with Crippen LogP contribution in [0.5, 0.6) is 0 Å². The number of nitrogens with two attached hydrogens (primary N) is 1. The fourth-order valence-corrected chi connectivity index (χ4v) is 11.1.